The smallest absolute Gasteiger partial charge is 0.326 e. The van der Waals surface area contributed by atoms with Crippen LogP contribution in [-0.4, -0.2) is 121 Å². The highest BCUT2D eigenvalue weighted by Crippen LogP contribution is 2.22. The average molecular weight is 743 g/mol. The predicted octanol–water partition coefficient (Wildman–Crippen LogP) is -1.36. The summed E-state index contributed by atoms with van der Waals surface area (Å²) in [4.78, 5) is 80.7. The van der Waals surface area contributed by atoms with Crippen LogP contribution in [0, 0.1) is 5.92 Å². The number of aliphatic hydroxyl groups is 2. The molecule has 11 N–H and O–H groups in total. The number of aliphatic hydroxyl groups excluding tert-OH is 2. The lowest BCUT2D eigenvalue weighted by atomic mass is 9.97. The van der Waals surface area contributed by atoms with Crippen LogP contribution in [0.2, 0.25) is 0 Å². The topological polar surface area (TPSA) is 281 Å². The second-order valence-corrected chi connectivity index (χ2v) is 13.3. The third-order valence-electron chi connectivity index (χ3n) is 9.21. The number of amides is 5. The van der Waals surface area contributed by atoms with Gasteiger partial charge in [0.25, 0.3) is 0 Å². The molecule has 1 saturated heterocycles. The summed E-state index contributed by atoms with van der Waals surface area (Å²) in [6.45, 7) is 4.33. The fourth-order valence-electron chi connectivity index (χ4n) is 5.84. The third-order valence-corrected chi connectivity index (χ3v) is 9.21. The zero-order chi connectivity index (χ0) is 39.4. The molecule has 1 aliphatic rings. The molecule has 17 nitrogen and oxygen atoms in total. The summed E-state index contributed by atoms with van der Waals surface area (Å²) >= 11 is 0. The number of nitrogens with zero attached hydrogens (tertiary/aromatic N) is 1. The van der Waals surface area contributed by atoms with Crippen molar-refractivity contribution in [3.8, 4) is 11.5 Å². The number of hydrogen-bond acceptors (Lipinski definition) is 11. The maximum Gasteiger partial charge on any atom is 0.326 e. The second kappa shape index (κ2) is 19.5. The van der Waals surface area contributed by atoms with E-state index in [1.807, 2.05) is 6.92 Å². The van der Waals surface area contributed by atoms with Gasteiger partial charge < -0.3 is 57.4 Å². The molecule has 5 amide bonds. The number of carbonyl (C=O) groups excluding carboxylic acids is 5. The van der Waals surface area contributed by atoms with Crippen LogP contribution in [0.4, 0.5) is 0 Å². The Hall–Kier alpha value is -5.26. The number of likely N-dealkylation sites (tertiary alicyclic amines) is 1. The first-order valence-electron chi connectivity index (χ1n) is 17.4. The van der Waals surface area contributed by atoms with Crippen LogP contribution >= 0.6 is 0 Å². The fraction of sp³-hybridized carbons (Fsp3) is 0.500. The van der Waals surface area contributed by atoms with E-state index in [4.69, 9.17) is 5.73 Å². The Morgan fingerprint density at radius 1 is 0.792 bits per heavy atom. The van der Waals surface area contributed by atoms with E-state index in [0.717, 1.165) is 0 Å². The number of phenols is 2. The molecule has 0 aliphatic carbocycles. The molecule has 1 aliphatic heterocycles. The Bertz CT molecular complexity index is 1590. The minimum Gasteiger partial charge on any atom is -0.508 e. The number of aromatic hydroxyl groups is 2. The van der Waals surface area contributed by atoms with E-state index in [-0.39, 0.29) is 43.2 Å². The zero-order valence-corrected chi connectivity index (χ0v) is 29.9. The molecular weight excluding hydrogens is 692 g/mol. The monoisotopic (exact) mass is 742 g/mol. The molecule has 1 heterocycles. The Morgan fingerprint density at radius 3 is 1.81 bits per heavy atom. The number of aliphatic carboxylic acids is 1. The fourth-order valence-corrected chi connectivity index (χ4v) is 5.84. The highest BCUT2D eigenvalue weighted by molar-refractivity contribution is 5.97. The Kier molecular flexibility index (Phi) is 15.5. The van der Waals surface area contributed by atoms with Crippen molar-refractivity contribution < 1.29 is 54.3 Å². The van der Waals surface area contributed by atoms with Gasteiger partial charge in [-0.15, -0.1) is 0 Å². The largest absolute Gasteiger partial charge is 0.508 e. The van der Waals surface area contributed by atoms with Crippen LogP contribution in [0.5, 0.6) is 11.5 Å². The average Bonchev–Trinajstić information content (AvgIpc) is 3.63. The van der Waals surface area contributed by atoms with Gasteiger partial charge in [-0.05, 0) is 61.1 Å². The minimum atomic E-state index is -1.65. The van der Waals surface area contributed by atoms with Gasteiger partial charge in [-0.2, -0.15) is 0 Å². The van der Waals surface area contributed by atoms with E-state index < -0.39 is 84.5 Å². The highest BCUT2D eigenvalue weighted by Gasteiger charge is 2.41. The maximum atomic E-state index is 13.9. The van der Waals surface area contributed by atoms with Crippen LogP contribution in [0.25, 0.3) is 0 Å². The molecule has 17 heteroatoms. The van der Waals surface area contributed by atoms with Gasteiger partial charge in [0, 0.05) is 19.4 Å². The number of nitrogens with two attached hydrogens (primary N) is 1. The number of carboxylic acids is 1. The lowest BCUT2D eigenvalue weighted by molar-refractivity contribution is -0.144. The zero-order valence-electron chi connectivity index (χ0n) is 29.9. The molecule has 2 aromatic rings. The van der Waals surface area contributed by atoms with Crippen molar-refractivity contribution in [2.75, 3.05) is 13.2 Å². The van der Waals surface area contributed by atoms with E-state index >= 15 is 0 Å². The highest BCUT2D eigenvalue weighted by atomic mass is 16.4. The van der Waals surface area contributed by atoms with Crippen LogP contribution in [-0.2, 0) is 41.6 Å². The lowest BCUT2D eigenvalue weighted by Crippen LogP contribution is -2.61. The summed E-state index contributed by atoms with van der Waals surface area (Å²) in [5, 5.41) is 58.9. The molecule has 1 fully saturated rings. The summed E-state index contributed by atoms with van der Waals surface area (Å²) < 4.78 is 0. The summed E-state index contributed by atoms with van der Waals surface area (Å²) in [7, 11) is 0. The van der Waals surface area contributed by atoms with E-state index in [1.54, 1.807) is 6.92 Å². The SMILES string of the molecule is CC[C@H](C)[C@H](NC(=O)[C@@H](N)CO)C(=O)N1CCC[C@H]1C(=O)N[C@@H](Cc1ccc(O)cc1)C(=O)N[C@H](C(=O)N[C@@H](Cc1ccc(O)cc1)C(=O)O)[C@@H](C)O. The van der Waals surface area contributed by atoms with E-state index in [9.17, 15) is 54.3 Å². The standard InChI is InChI=1S/C36H50N6O11/c1-4-19(2)29(40-31(47)25(37)18-43)35(51)42-15-5-6-28(42)33(49)38-26(16-21-7-11-23(45)12-8-21)32(48)41-30(20(3)44)34(50)39-27(36(52)53)17-22-9-13-24(46)14-10-22/h7-14,19-20,25-30,43-46H,4-6,15-18,37H2,1-3H3,(H,38,49)(H,39,50)(H,40,47)(H,41,48)(H,52,53)/t19-,20+,25-,26-,27-,28-,29-,30-/m0/s1. The molecule has 0 unspecified atom stereocenters. The predicted molar refractivity (Wildman–Crippen MR) is 190 cm³/mol. The number of rotatable bonds is 18. The number of carboxylic acid groups (broad SMARTS) is 1. The lowest BCUT2D eigenvalue weighted by Gasteiger charge is -2.32. The molecule has 0 spiro atoms. The Morgan fingerprint density at radius 2 is 1.32 bits per heavy atom. The first-order chi connectivity index (χ1) is 25.1. The van der Waals surface area contributed by atoms with Gasteiger partial charge in [0.15, 0.2) is 0 Å². The quantitative estimate of drug-likeness (QED) is 0.0849. The van der Waals surface area contributed by atoms with Crippen LogP contribution in [0.3, 0.4) is 0 Å². The Labute approximate surface area is 306 Å². The first-order valence-corrected chi connectivity index (χ1v) is 17.4. The number of carbonyl (C=O) groups is 6. The molecule has 290 valence electrons. The second-order valence-electron chi connectivity index (χ2n) is 13.3. The van der Waals surface area contributed by atoms with Gasteiger partial charge in [0.2, 0.25) is 29.5 Å². The molecule has 2 aromatic carbocycles. The third kappa shape index (κ3) is 11.9. The number of nitrogens with one attached hydrogen (secondary N) is 4. The normalized spacial score (nSPS) is 18.0. The molecule has 53 heavy (non-hydrogen) atoms. The number of benzene rings is 2. The van der Waals surface area contributed by atoms with Gasteiger partial charge in [-0.3, -0.25) is 24.0 Å². The van der Waals surface area contributed by atoms with Crippen molar-refractivity contribution in [1.29, 1.82) is 0 Å². The van der Waals surface area contributed by atoms with Crippen molar-refractivity contribution in [3.63, 3.8) is 0 Å². The van der Waals surface area contributed by atoms with Crippen LogP contribution in [0.1, 0.15) is 51.2 Å². The number of hydrogen-bond donors (Lipinski definition) is 10. The van der Waals surface area contributed by atoms with Crippen LogP contribution < -0.4 is 27.0 Å². The van der Waals surface area contributed by atoms with Crippen LogP contribution in [0.15, 0.2) is 48.5 Å². The van der Waals surface area contributed by atoms with E-state index in [2.05, 4.69) is 21.3 Å². The van der Waals surface area contributed by atoms with Gasteiger partial charge in [0.1, 0.15) is 47.8 Å². The summed E-state index contributed by atoms with van der Waals surface area (Å²) in [5.74, 6) is -5.73. The van der Waals surface area contributed by atoms with Gasteiger partial charge in [-0.25, -0.2) is 4.79 Å². The molecule has 0 aromatic heterocycles. The summed E-state index contributed by atoms with van der Waals surface area (Å²) in [5.41, 5.74) is 6.64. The van der Waals surface area contributed by atoms with E-state index in [1.165, 1.54) is 60.4 Å². The summed E-state index contributed by atoms with van der Waals surface area (Å²) in [6, 6.07) is 3.61. The van der Waals surface area contributed by atoms with Crippen molar-refractivity contribution in [2.45, 2.75) is 95.2 Å². The molecule has 3 rings (SSSR count). The molecule has 0 radical (unpaired) electrons. The van der Waals surface area contributed by atoms with Crippen molar-refractivity contribution in [3.05, 3.63) is 59.7 Å². The molecule has 0 saturated carbocycles. The van der Waals surface area contributed by atoms with Crippen molar-refractivity contribution in [1.82, 2.24) is 26.2 Å². The summed E-state index contributed by atoms with van der Waals surface area (Å²) in [6.07, 6.45) is -0.661. The van der Waals surface area contributed by atoms with Gasteiger partial charge in [-0.1, -0.05) is 44.5 Å². The van der Waals surface area contributed by atoms with Crippen molar-refractivity contribution >= 4 is 35.5 Å². The molecule has 8 atom stereocenters. The number of phenolic OH excluding ortho intramolecular Hbond substituents is 2. The van der Waals surface area contributed by atoms with Crippen molar-refractivity contribution in [2.24, 2.45) is 11.7 Å². The minimum absolute atomic E-state index is 0.0361. The maximum absolute atomic E-state index is 13.9. The van der Waals surface area contributed by atoms with E-state index in [0.29, 0.717) is 24.0 Å². The Balaban J connectivity index is 1.83. The molecule has 0 bridgehead atoms. The first kappa shape index (κ1) is 42.2. The van der Waals surface area contributed by atoms with Gasteiger partial charge >= 0.3 is 5.97 Å². The van der Waals surface area contributed by atoms with Gasteiger partial charge in [0.05, 0.1) is 12.7 Å². The molecular formula is C36H50N6O11.